The maximum absolute atomic E-state index is 12.1. The van der Waals surface area contributed by atoms with E-state index < -0.39 is 5.41 Å². The van der Waals surface area contributed by atoms with E-state index in [0.29, 0.717) is 6.54 Å². The van der Waals surface area contributed by atoms with Gasteiger partial charge in [0, 0.05) is 12.0 Å². The number of amidine groups is 1. The Kier molecular flexibility index (Phi) is 3.46. The summed E-state index contributed by atoms with van der Waals surface area (Å²) in [4.78, 5) is 12.1. The topological polar surface area (TPSA) is 87.7 Å². The Hall–Kier alpha value is -2.04. The zero-order chi connectivity index (χ0) is 14.0. The van der Waals surface area contributed by atoms with Crippen LogP contribution in [0.1, 0.15) is 30.9 Å². The van der Waals surface area contributed by atoms with Crippen molar-refractivity contribution in [2.45, 2.75) is 26.2 Å². The van der Waals surface area contributed by atoms with Crippen molar-refractivity contribution in [3.05, 3.63) is 35.4 Å². The first-order valence-electron chi connectivity index (χ1n) is 6.29. The van der Waals surface area contributed by atoms with Gasteiger partial charge >= 0.3 is 0 Å². The van der Waals surface area contributed by atoms with Gasteiger partial charge in [-0.05, 0) is 17.5 Å². The molecule has 1 aromatic rings. The molecule has 102 valence electrons. The summed E-state index contributed by atoms with van der Waals surface area (Å²) in [7, 11) is 0. The first-order chi connectivity index (χ1) is 8.95. The number of benzene rings is 1. The standard InChI is InChI=1S/C14H19N3O2/c1-14(2,13(15)17-19)8-16-12(18)11-7-9-5-3-4-6-10(9)11/h3-6,11,19H,7-8H2,1-2H3,(H2,15,17)(H,16,18). The normalized spacial score (nSPS) is 18.4. The fourth-order valence-electron chi connectivity index (χ4n) is 2.15. The minimum atomic E-state index is -0.562. The maximum Gasteiger partial charge on any atom is 0.227 e. The van der Waals surface area contributed by atoms with Crippen molar-refractivity contribution in [3.8, 4) is 0 Å². The van der Waals surface area contributed by atoms with E-state index in [1.54, 1.807) is 0 Å². The molecule has 1 aliphatic rings. The number of amides is 1. The third-order valence-corrected chi connectivity index (χ3v) is 3.68. The Morgan fingerprint density at radius 3 is 2.84 bits per heavy atom. The van der Waals surface area contributed by atoms with Crippen molar-refractivity contribution >= 4 is 11.7 Å². The SMILES string of the molecule is CC(C)(CNC(=O)C1Cc2ccccc21)/C(N)=N/O. The Bertz CT molecular complexity index is 523. The molecule has 19 heavy (non-hydrogen) atoms. The van der Waals surface area contributed by atoms with Crippen molar-refractivity contribution in [2.24, 2.45) is 16.3 Å². The van der Waals surface area contributed by atoms with Crippen molar-refractivity contribution in [3.63, 3.8) is 0 Å². The third-order valence-electron chi connectivity index (χ3n) is 3.68. The van der Waals surface area contributed by atoms with E-state index in [2.05, 4.69) is 10.5 Å². The summed E-state index contributed by atoms with van der Waals surface area (Å²) >= 11 is 0. The summed E-state index contributed by atoms with van der Waals surface area (Å²) in [6.07, 6.45) is 0.784. The Morgan fingerprint density at radius 2 is 2.21 bits per heavy atom. The second-order valence-electron chi connectivity index (χ2n) is 5.54. The van der Waals surface area contributed by atoms with Gasteiger partial charge in [-0.3, -0.25) is 4.79 Å². The predicted molar refractivity (Wildman–Crippen MR) is 73.1 cm³/mol. The minimum absolute atomic E-state index is 0.00230. The van der Waals surface area contributed by atoms with Crippen LogP contribution in [-0.2, 0) is 11.2 Å². The number of nitrogens with zero attached hydrogens (tertiary/aromatic N) is 1. The number of carbonyl (C=O) groups excluding carboxylic acids is 1. The lowest BCUT2D eigenvalue weighted by Crippen LogP contribution is -2.45. The molecule has 1 aromatic carbocycles. The molecule has 0 aliphatic heterocycles. The maximum atomic E-state index is 12.1. The molecule has 2 rings (SSSR count). The second kappa shape index (κ2) is 4.91. The van der Waals surface area contributed by atoms with E-state index in [4.69, 9.17) is 10.9 Å². The summed E-state index contributed by atoms with van der Waals surface area (Å²) in [6.45, 7) is 3.98. The first kappa shape index (κ1) is 13.4. The molecular formula is C14H19N3O2. The van der Waals surface area contributed by atoms with Gasteiger partial charge in [-0.25, -0.2) is 0 Å². The highest BCUT2D eigenvalue weighted by Gasteiger charge is 2.33. The average Bonchev–Trinajstić information content (AvgIpc) is 2.37. The van der Waals surface area contributed by atoms with Gasteiger partial charge in [0.1, 0.15) is 5.84 Å². The van der Waals surface area contributed by atoms with E-state index in [1.807, 2.05) is 38.1 Å². The zero-order valence-corrected chi connectivity index (χ0v) is 11.2. The smallest absolute Gasteiger partial charge is 0.227 e. The fraction of sp³-hybridized carbons (Fsp3) is 0.429. The third kappa shape index (κ3) is 2.54. The molecule has 4 N–H and O–H groups in total. The molecule has 0 saturated carbocycles. The molecule has 0 heterocycles. The number of fused-ring (bicyclic) bond motifs is 1. The van der Waals surface area contributed by atoms with Gasteiger partial charge in [-0.2, -0.15) is 0 Å². The quantitative estimate of drug-likeness (QED) is 0.329. The van der Waals surface area contributed by atoms with Crippen LogP contribution in [0.15, 0.2) is 29.4 Å². The summed E-state index contributed by atoms with van der Waals surface area (Å²) in [5.74, 6) is 0.0404. The predicted octanol–water partition coefficient (Wildman–Crippen LogP) is 1.22. The van der Waals surface area contributed by atoms with Crippen LogP contribution in [0.4, 0.5) is 0 Å². The van der Waals surface area contributed by atoms with Crippen molar-refractivity contribution in [1.29, 1.82) is 0 Å². The summed E-state index contributed by atoms with van der Waals surface area (Å²) in [5.41, 5.74) is 7.36. The largest absolute Gasteiger partial charge is 0.409 e. The Balaban J connectivity index is 1.94. The van der Waals surface area contributed by atoms with Gasteiger partial charge in [0.25, 0.3) is 0 Å². The van der Waals surface area contributed by atoms with E-state index in [1.165, 1.54) is 5.56 Å². The number of carbonyl (C=O) groups is 1. The molecule has 0 spiro atoms. The molecule has 1 atom stereocenters. The van der Waals surface area contributed by atoms with Crippen molar-refractivity contribution < 1.29 is 10.0 Å². The summed E-state index contributed by atoms with van der Waals surface area (Å²) in [5, 5.41) is 14.5. The highest BCUT2D eigenvalue weighted by molar-refractivity contribution is 5.89. The molecule has 5 nitrogen and oxygen atoms in total. The lowest BCUT2D eigenvalue weighted by molar-refractivity contribution is -0.123. The minimum Gasteiger partial charge on any atom is -0.409 e. The van der Waals surface area contributed by atoms with Crippen molar-refractivity contribution in [2.75, 3.05) is 6.54 Å². The lowest BCUT2D eigenvalue weighted by atomic mass is 9.77. The van der Waals surface area contributed by atoms with Crippen LogP contribution in [-0.4, -0.2) is 23.5 Å². The van der Waals surface area contributed by atoms with Crippen LogP contribution in [0.3, 0.4) is 0 Å². The zero-order valence-electron chi connectivity index (χ0n) is 11.2. The van der Waals surface area contributed by atoms with Gasteiger partial charge in [-0.1, -0.05) is 43.3 Å². The number of hydrogen-bond donors (Lipinski definition) is 3. The van der Waals surface area contributed by atoms with E-state index in [0.717, 1.165) is 12.0 Å². The van der Waals surface area contributed by atoms with Crippen LogP contribution in [0.2, 0.25) is 0 Å². The number of rotatable bonds is 4. The highest BCUT2D eigenvalue weighted by Crippen LogP contribution is 2.34. The molecule has 0 bridgehead atoms. The van der Waals surface area contributed by atoms with Crippen LogP contribution >= 0.6 is 0 Å². The molecule has 0 radical (unpaired) electrons. The van der Waals surface area contributed by atoms with Crippen LogP contribution in [0, 0.1) is 5.41 Å². The Labute approximate surface area is 112 Å². The lowest BCUT2D eigenvalue weighted by Gasteiger charge is -2.30. The summed E-state index contributed by atoms with van der Waals surface area (Å²) in [6, 6.07) is 7.95. The molecule has 1 unspecified atom stereocenters. The number of oxime groups is 1. The molecule has 0 fully saturated rings. The molecule has 1 amide bonds. The van der Waals surface area contributed by atoms with Gasteiger partial charge in [-0.15, -0.1) is 0 Å². The average molecular weight is 261 g/mol. The van der Waals surface area contributed by atoms with Crippen LogP contribution in [0.25, 0.3) is 0 Å². The monoisotopic (exact) mass is 261 g/mol. The number of hydrogen-bond acceptors (Lipinski definition) is 3. The van der Waals surface area contributed by atoms with Crippen LogP contribution < -0.4 is 11.1 Å². The molecular weight excluding hydrogens is 242 g/mol. The number of nitrogens with one attached hydrogen (secondary N) is 1. The first-order valence-corrected chi connectivity index (χ1v) is 6.29. The van der Waals surface area contributed by atoms with E-state index in [-0.39, 0.29) is 17.7 Å². The van der Waals surface area contributed by atoms with Gasteiger partial charge in [0.05, 0.1) is 5.92 Å². The summed E-state index contributed by atoms with van der Waals surface area (Å²) < 4.78 is 0. The van der Waals surface area contributed by atoms with E-state index >= 15 is 0 Å². The van der Waals surface area contributed by atoms with Crippen molar-refractivity contribution in [1.82, 2.24) is 5.32 Å². The van der Waals surface area contributed by atoms with Gasteiger partial charge < -0.3 is 16.3 Å². The molecule has 5 heteroatoms. The van der Waals surface area contributed by atoms with Crippen LogP contribution in [0.5, 0.6) is 0 Å². The second-order valence-corrected chi connectivity index (χ2v) is 5.54. The molecule has 1 aliphatic carbocycles. The van der Waals surface area contributed by atoms with Gasteiger partial charge in [0.2, 0.25) is 5.91 Å². The highest BCUT2D eigenvalue weighted by atomic mass is 16.4. The number of nitrogens with two attached hydrogens (primary N) is 1. The Morgan fingerprint density at radius 1 is 1.53 bits per heavy atom. The molecule has 0 aromatic heterocycles. The van der Waals surface area contributed by atoms with Gasteiger partial charge in [0.15, 0.2) is 0 Å². The molecule has 0 saturated heterocycles. The van der Waals surface area contributed by atoms with E-state index in [9.17, 15) is 4.79 Å². The fourth-order valence-corrected chi connectivity index (χ4v) is 2.15.